The number of amides is 1. The van der Waals surface area contributed by atoms with E-state index in [1.54, 1.807) is 4.90 Å². The van der Waals surface area contributed by atoms with Crippen LogP contribution in [-0.2, 0) is 11.3 Å². The molecule has 0 unspecified atom stereocenters. The molecule has 0 spiro atoms. The Morgan fingerprint density at radius 2 is 2.06 bits per heavy atom. The Balaban J connectivity index is 1.85. The summed E-state index contributed by atoms with van der Waals surface area (Å²) in [6.45, 7) is 4.03. The van der Waals surface area contributed by atoms with E-state index in [9.17, 15) is 4.79 Å². The molecule has 5 heteroatoms. The molecule has 1 aromatic rings. The van der Waals surface area contributed by atoms with Crippen LogP contribution in [0.4, 0.5) is 4.79 Å². The van der Waals surface area contributed by atoms with Gasteiger partial charge in [-0.3, -0.25) is 4.90 Å². The van der Waals surface area contributed by atoms with Gasteiger partial charge in [0.05, 0.1) is 7.11 Å². The molecule has 1 heterocycles. The number of hydrogen-bond donors (Lipinski definition) is 0. The van der Waals surface area contributed by atoms with Gasteiger partial charge in [0.1, 0.15) is 0 Å². The summed E-state index contributed by atoms with van der Waals surface area (Å²) in [7, 11) is 1.42. The van der Waals surface area contributed by atoms with Crippen molar-refractivity contribution in [3.63, 3.8) is 0 Å². The molecule has 1 fully saturated rings. The first-order chi connectivity index (χ1) is 8.69. The smallest absolute Gasteiger partial charge is 0.409 e. The summed E-state index contributed by atoms with van der Waals surface area (Å²) >= 11 is 5.96. The van der Waals surface area contributed by atoms with Gasteiger partial charge >= 0.3 is 6.09 Å². The van der Waals surface area contributed by atoms with Gasteiger partial charge in [-0.1, -0.05) is 23.7 Å². The zero-order chi connectivity index (χ0) is 13.0. The van der Waals surface area contributed by atoms with Gasteiger partial charge in [-0.15, -0.1) is 0 Å². The SMILES string of the molecule is COC(=O)N1CCN(Cc2cccc(Cl)c2)CC1. The summed E-state index contributed by atoms with van der Waals surface area (Å²) in [5, 5.41) is 0.765. The Bertz CT molecular complexity index is 417. The van der Waals surface area contributed by atoms with E-state index in [1.165, 1.54) is 12.7 Å². The highest BCUT2D eigenvalue weighted by Gasteiger charge is 2.21. The van der Waals surface area contributed by atoms with Crippen molar-refractivity contribution in [3.8, 4) is 0 Å². The quantitative estimate of drug-likeness (QED) is 0.825. The predicted octanol–water partition coefficient (Wildman–Crippen LogP) is 2.22. The van der Waals surface area contributed by atoms with E-state index in [1.807, 2.05) is 18.2 Å². The molecule has 98 valence electrons. The predicted molar refractivity (Wildman–Crippen MR) is 70.7 cm³/mol. The van der Waals surface area contributed by atoms with Gasteiger partial charge in [-0.25, -0.2) is 4.79 Å². The van der Waals surface area contributed by atoms with E-state index in [0.29, 0.717) is 13.1 Å². The summed E-state index contributed by atoms with van der Waals surface area (Å²) in [5.74, 6) is 0. The van der Waals surface area contributed by atoms with Crippen LogP contribution in [0.15, 0.2) is 24.3 Å². The van der Waals surface area contributed by atoms with Gasteiger partial charge in [-0.2, -0.15) is 0 Å². The van der Waals surface area contributed by atoms with Crippen LogP contribution in [0.3, 0.4) is 0 Å². The number of hydrogen-bond acceptors (Lipinski definition) is 3. The first kappa shape index (κ1) is 13.2. The minimum Gasteiger partial charge on any atom is -0.453 e. The number of carbonyl (C=O) groups excluding carboxylic acids is 1. The van der Waals surface area contributed by atoms with E-state index in [-0.39, 0.29) is 6.09 Å². The minimum atomic E-state index is -0.239. The van der Waals surface area contributed by atoms with E-state index in [0.717, 1.165) is 24.7 Å². The largest absolute Gasteiger partial charge is 0.453 e. The Hall–Kier alpha value is -1.26. The Morgan fingerprint density at radius 1 is 1.33 bits per heavy atom. The maximum atomic E-state index is 11.3. The zero-order valence-corrected chi connectivity index (χ0v) is 11.2. The van der Waals surface area contributed by atoms with E-state index >= 15 is 0 Å². The molecule has 0 aliphatic carbocycles. The molecule has 0 N–H and O–H groups in total. The molecule has 0 atom stereocenters. The average Bonchev–Trinajstić information content (AvgIpc) is 2.39. The number of methoxy groups -OCH3 is 1. The second-order valence-corrected chi connectivity index (χ2v) is 4.80. The number of rotatable bonds is 2. The van der Waals surface area contributed by atoms with Crippen molar-refractivity contribution in [1.29, 1.82) is 0 Å². The molecule has 1 aliphatic rings. The van der Waals surface area contributed by atoms with Crippen LogP contribution < -0.4 is 0 Å². The number of carbonyl (C=O) groups is 1. The van der Waals surface area contributed by atoms with Crippen LogP contribution in [0.25, 0.3) is 0 Å². The Kier molecular flexibility index (Phi) is 4.44. The van der Waals surface area contributed by atoms with E-state index in [2.05, 4.69) is 11.0 Å². The van der Waals surface area contributed by atoms with Crippen LogP contribution in [0, 0.1) is 0 Å². The topological polar surface area (TPSA) is 32.8 Å². The van der Waals surface area contributed by atoms with Crippen LogP contribution in [0.5, 0.6) is 0 Å². The number of nitrogens with zero attached hydrogens (tertiary/aromatic N) is 2. The standard InChI is InChI=1S/C13H17ClN2O2/c1-18-13(17)16-7-5-15(6-8-16)10-11-3-2-4-12(14)9-11/h2-4,9H,5-8,10H2,1H3. The second kappa shape index (κ2) is 6.07. The highest BCUT2D eigenvalue weighted by atomic mass is 35.5. The van der Waals surface area contributed by atoms with Crippen molar-refractivity contribution in [1.82, 2.24) is 9.80 Å². The Labute approximate surface area is 112 Å². The van der Waals surface area contributed by atoms with Crippen molar-refractivity contribution < 1.29 is 9.53 Å². The molecular formula is C13H17ClN2O2. The molecule has 0 saturated carbocycles. The number of ether oxygens (including phenoxy) is 1. The van der Waals surface area contributed by atoms with Crippen LogP contribution in [0.1, 0.15) is 5.56 Å². The highest BCUT2D eigenvalue weighted by Crippen LogP contribution is 2.14. The van der Waals surface area contributed by atoms with Crippen LogP contribution in [-0.4, -0.2) is 49.2 Å². The zero-order valence-electron chi connectivity index (χ0n) is 10.4. The van der Waals surface area contributed by atoms with Gasteiger partial charge in [-0.05, 0) is 17.7 Å². The lowest BCUT2D eigenvalue weighted by atomic mass is 10.2. The summed E-state index contributed by atoms with van der Waals surface area (Å²) in [4.78, 5) is 15.4. The molecular weight excluding hydrogens is 252 g/mol. The van der Waals surface area contributed by atoms with Crippen molar-refractivity contribution >= 4 is 17.7 Å². The van der Waals surface area contributed by atoms with Crippen molar-refractivity contribution in [2.45, 2.75) is 6.54 Å². The summed E-state index contributed by atoms with van der Waals surface area (Å²) in [6, 6.07) is 7.88. The molecule has 1 saturated heterocycles. The number of piperazine rings is 1. The highest BCUT2D eigenvalue weighted by molar-refractivity contribution is 6.30. The first-order valence-corrected chi connectivity index (χ1v) is 6.36. The lowest BCUT2D eigenvalue weighted by molar-refractivity contribution is 0.0889. The van der Waals surface area contributed by atoms with Gasteiger partial charge in [0, 0.05) is 37.7 Å². The lowest BCUT2D eigenvalue weighted by Gasteiger charge is -2.33. The van der Waals surface area contributed by atoms with E-state index in [4.69, 9.17) is 16.3 Å². The molecule has 18 heavy (non-hydrogen) atoms. The fraction of sp³-hybridized carbons (Fsp3) is 0.462. The number of halogens is 1. The monoisotopic (exact) mass is 268 g/mol. The Morgan fingerprint density at radius 3 is 2.67 bits per heavy atom. The normalized spacial score (nSPS) is 16.7. The summed E-state index contributed by atoms with van der Waals surface area (Å²) < 4.78 is 4.71. The fourth-order valence-electron chi connectivity index (χ4n) is 2.11. The number of benzene rings is 1. The van der Waals surface area contributed by atoms with Crippen molar-refractivity contribution in [2.75, 3.05) is 33.3 Å². The molecule has 0 aromatic heterocycles. The lowest BCUT2D eigenvalue weighted by Crippen LogP contribution is -2.48. The second-order valence-electron chi connectivity index (χ2n) is 4.36. The third-order valence-electron chi connectivity index (χ3n) is 3.10. The fourth-order valence-corrected chi connectivity index (χ4v) is 2.32. The third-order valence-corrected chi connectivity index (χ3v) is 3.34. The molecule has 4 nitrogen and oxygen atoms in total. The van der Waals surface area contributed by atoms with E-state index < -0.39 is 0 Å². The molecule has 2 rings (SSSR count). The van der Waals surface area contributed by atoms with Gasteiger partial charge in [0.25, 0.3) is 0 Å². The third kappa shape index (κ3) is 3.37. The molecule has 1 aliphatic heterocycles. The molecule has 1 aromatic carbocycles. The first-order valence-electron chi connectivity index (χ1n) is 5.99. The van der Waals surface area contributed by atoms with Gasteiger partial charge < -0.3 is 9.64 Å². The van der Waals surface area contributed by atoms with Crippen molar-refractivity contribution in [2.24, 2.45) is 0 Å². The maximum absolute atomic E-state index is 11.3. The molecule has 0 bridgehead atoms. The summed E-state index contributed by atoms with van der Waals surface area (Å²) in [5.41, 5.74) is 1.20. The molecule has 0 radical (unpaired) electrons. The van der Waals surface area contributed by atoms with Gasteiger partial charge in [0.15, 0.2) is 0 Å². The average molecular weight is 269 g/mol. The van der Waals surface area contributed by atoms with Crippen LogP contribution in [0.2, 0.25) is 5.02 Å². The molecule has 1 amide bonds. The van der Waals surface area contributed by atoms with Crippen LogP contribution >= 0.6 is 11.6 Å². The maximum Gasteiger partial charge on any atom is 0.409 e. The summed E-state index contributed by atoms with van der Waals surface area (Å²) in [6.07, 6.45) is -0.239. The van der Waals surface area contributed by atoms with Crippen molar-refractivity contribution in [3.05, 3.63) is 34.9 Å². The van der Waals surface area contributed by atoms with Gasteiger partial charge in [0.2, 0.25) is 0 Å². The minimum absolute atomic E-state index is 0.239.